The van der Waals surface area contributed by atoms with Crippen molar-refractivity contribution >= 4 is 17.6 Å². The molecule has 0 spiro atoms. The number of urea groups is 1. The van der Waals surface area contributed by atoms with Gasteiger partial charge in [0.2, 0.25) is 5.91 Å². The summed E-state index contributed by atoms with van der Waals surface area (Å²) in [5.74, 6) is 0.982. The highest BCUT2D eigenvalue weighted by Gasteiger charge is 2.28. The van der Waals surface area contributed by atoms with Crippen LogP contribution in [-0.4, -0.2) is 72.5 Å². The van der Waals surface area contributed by atoms with Crippen molar-refractivity contribution in [3.05, 3.63) is 30.1 Å². The third-order valence-corrected chi connectivity index (χ3v) is 5.34. The fourth-order valence-electron chi connectivity index (χ4n) is 4.00. The summed E-state index contributed by atoms with van der Waals surface area (Å²) < 4.78 is 12.9. The van der Waals surface area contributed by atoms with Crippen molar-refractivity contribution in [2.75, 3.05) is 51.1 Å². The topological polar surface area (TPSA) is 55.9 Å². The average Bonchev–Trinajstić information content (AvgIpc) is 2.63. The lowest BCUT2D eigenvalue weighted by Crippen LogP contribution is -2.53. The second kappa shape index (κ2) is 8.69. The molecule has 3 amide bonds. The smallest absolute Gasteiger partial charge is 0.321 e. The third-order valence-electron chi connectivity index (χ3n) is 5.34. The van der Waals surface area contributed by atoms with E-state index in [4.69, 9.17) is 0 Å². The molecular formula is C20H29FN4O2. The molecule has 27 heavy (non-hydrogen) atoms. The summed E-state index contributed by atoms with van der Waals surface area (Å²) in [5.41, 5.74) is 0.576. The first kappa shape index (κ1) is 19.6. The van der Waals surface area contributed by atoms with Crippen LogP contribution in [0.15, 0.2) is 24.3 Å². The van der Waals surface area contributed by atoms with Crippen LogP contribution >= 0.6 is 0 Å². The predicted octanol–water partition coefficient (Wildman–Crippen LogP) is 2.48. The zero-order valence-electron chi connectivity index (χ0n) is 16.2. The minimum absolute atomic E-state index is 0.189. The number of likely N-dealkylation sites (tertiary alicyclic amines) is 1. The number of nitrogens with one attached hydrogen (secondary N) is 1. The number of benzene rings is 1. The van der Waals surface area contributed by atoms with Gasteiger partial charge in [-0.3, -0.25) is 9.69 Å². The van der Waals surface area contributed by atoms with Crippen molar-refractivity contribution in [2.24, 2.45) is 11.8 Å². The van der Waals surface area contributed by atoms with Crippen LogP contribution in [0.4, 0.5) is 14.9 Å². The maximum atomic E-state index is 12.9. The summed E-state index contributed by atoms with van der Waals surface area (Å²) in [4.78, 5) is 30.8. The molecule has 0 aromatic heterocycles. The summed E-state index contributed by atoms with van der Waals surface area (Å²) in [6.45, 7) is 9.05. The molecule has 2 heterocycles. The Morgan fingerprint density at radius 1 is 1.00 bits per heavy atom. The molecule has 2 aliphatic heterocycles. The molecule has 0 saturated carbocycles. The van der Waals surface area contributed by atoms with Gasteiger partial charge in [0.05, 0.1) is 6.54 Å². The lowest BCUT2D eigenvalue weighted by Gasteiger charge is -2.38. The molecule has 1 N–H and O–H groups in total. The molecule has 2 fully saturated rings. The predicted molar refractivity (Wildman–Crippen MR) is 103 cm³/mol. The van der Waals surface area contributed by atoms with E-state index >= 15 is 0 Å². The molecule has 2 aliphatic rings. The first-order chi connectivity index (χ1) is 12.9. The Labute approximate surface area is 160 Å². The van der Waals surface area contributed by atoms with Crippen LogP contribution in [0.2, 0.25) is 0 Å². The monoisotopic (exact) mass is 376 g/mol. The van der Waals surface area contributed by atoms with Crippen LogP contribution in [0.3, 0.4) is 0 Å². The summed E-state index contributed by atoms with van der Waals surface area (Å²) in [5, 5.41) is 2.78. The molecule has 1 aromatic carbocycles. The first-order valence-electron chi connectivity index (χ1n) is 9.72. The lowest BCUT2D eigenvalue weighted by molar-refractivity contribution is -0.135. The molecule has 2 unspecified atom stereocenters. The molecule has 148 valence electrons. The Morgan fingerprint density at radius 3 is 2.19 bits per heavy atom. The Bertz CT molecular complexity index is 648. The number of carbonyl (C=O) groups is 2. The van der Waals surface area contributed by atoms with Crippen molar-refractivity contribution in [3.8, 4) is 0 Å². The van der Waals surface area contributed by atoms with Crippen LogP contribution in [0.25, 0.3) is 0 Å². The second-order valence-corrected chi connectivity index (χ2v) is 7.95. The summed E-state index contributed by atoms with van der Waals surface area (Å²) in [7, 11) is 0. The molecule has 3 rings (SSSR count). The normalized spacial score (nSPS) is 24.0. The van der Waals surface area contributed by atoms with Gasteiger partial charge in [-0.2, -0.15) is 0 Å². The van der Waals surface area contributed by atoms with Gasteiger partial charge in [-0.1, -0.05) is 13.8 Å². The van der Waals surface area contributed by atoms with Crippen LogP contribution in [0.5, 0.6) is 0 Å². The number of piperidine rings is 1. The highest BCUT2D eigenvalue weighted by molar-refractivity contribution is 5.89. The molecule has 0 bridgehead atoms. The van der Waals surface area contributed by atoms with Gasteiger partial charge < -0.3 is 15.1 Å². The molecule has 7 heteroatoms. The number of carbonyl (C=O) groups excluding carboxylic acids is 2. The molecular weight excluding hydrogens is 347 g/mol. The molecule has 2 saturated heterocycles. The summed E-state index contributed by atoms with van der Waals surface area (Å²) >= 11 is 0. The lowest BCUT2D eigenvalue weighted by atomic mass is 9.92. The highest BCUT2D eigenvalue weighted by atomic mass is 19.1. The molecule has 1 aromatic rings. The quantitative estimate of drug-likeness (QED) is 0.882. The van der Waals surface area contributed by atoms with E-state index in [1.165, 1.54) is 18.6 Å². The van der Waals surface area contributed by atoms with E-state index < -0.39 is 0 Å². The minimum Gasteiger partial charge on any atom is -0.341 e. The molecule has 0 radical (unpaired) electrons. The number of hydrogen-bond donors (Lipinski definition) is 1. The summed E-state index contributed by atoms with van der Waals surface area (Å²) in [6.07, 6.45) is 1.19. The maximum absolute atomic E-state index is 12.9. The van der Waals surface area contributed by atoms with E-state index in [1.807, 2.05) is 4.90 Å². The molecule has 2 atom stereocenters. The Hall–Kier alpha value is -2.15. The zero-order chi connectivity index (χ0) is 19.4. The van der Waals surface area contributed by atoms with Crippen molar-refractivity contribution < 1.29 is 14.0 Å². The third kappa shape index (κ3) is 5.42. The van der Waals surface area contributed by atoms with Gasteiger partial charge >= 0.3 is 6.03 Å². The van der Waals surface area contributed by atoms with E-state index in [0.29, 0.717) is 50.2 Å². The van der Waals surface area contributed by atoms with Crippen LogP contribution in [-0.2, 0) is 4.79 Å². The average molecular weight is 376 g/mol. The van der Waals surface area contributed by atoms with Gasteiger partial charge in [-0.25, -0.2) is 9.18 Å². The van der Waals surface area contributed by atoms with Crippen LogP contribution in [0.1, 0.15) is 20.3 Å². The molecule has 6 nitrogen and oxygen atoms in total. The first-order valence-corrected chi connectivity index (χ1v) is 9.72. The Balaban J connectivity index is 1.43. The van der Waals surface area contributed by atoms with Crippen molar-refractivity contribution in [2.45, 2.75) is 20.3 Å². The van der Waals surface area contributed by atoms with Crippen molar-refractivity contribution in [3.63, 3.8) is 0 Å². The number of amides is 3. The van der Waals surface area contributed by atoms with E-state index in [9.17, 15) is 14.0 Å². The van der Waals surface area contributed by atoms with Gasteiger partial charge in [0, 0.05) is 45.0 Å². The van der Waals surface area contributed by atoms with Gasteiger partial charge in [-0.05, 0) is 42.5 Å². The maximum Gasteiger partial charge on any atom is 0.321 e. The Morgan fingerprint density at radius 2 is 1.59 bits per heavy atom. The van der Waals surface area contributed by atoms with Crippen molar-refractivity contribution in [1.82, 2.24) is 14.7 Å². The van der Waals surface area contributed by atoms with Gasteiger partial charge in [0.1, 0.15) is 5.82 Å². The van der Waals surface area contributed by atoms with E-state index in [1.54, 1.807) is 17.0 Å². The SMILES string of the molecule is CC1CC(C)CN(C(=O)CN2CCN(C(=O)Nc3ccc(F)cc3)CC2)C1. The van der Waals surface area contributed by atoms with Gasteiger partial charge in [0.15, 0.2) is 0 Å². The fourth-order valence-corrected chi connectivity index (χ4v) is 4.00. The van der Waals surface area contributed by atoms with Gasteiger partial charge in [-0.15, -0.1) is 0 Å². The van der Waals surface area contributed by atoms with Crippen molar-refractivity contribution in [1.29, 1.82) is 0 Å². The number of anilines is 1. The number of nitrogens with zero attached hydrogens (tertiary/aromatic N) is 3. The van der Waals surface area contributed by atoms with Gasteiger partial charge in [0.25, 0.3) is 0 Å². The zero-order valence-corrected chi connectivity index (χ0v) is 16.2. The second-order valence-electron chi connectivity index (χ2n) is 7.95. The number of piperazine rings is 1. The van der Waals surface area contributed by atoms with E-state index in [2.05, 4.69) is 24.1 Å². The molecule has 0 aliphatic carbocycles. The minimum atomic E-state index is -0.330. The van der Waals surface area contributed by atoms with E-state index in [0.717, 1.165) is 13.1 Å². The largest absolute Gasteiger partial charge is 0.341 e. The van der Waals surface area contributed by atoms with E-state index in [-0.39, 0.29) is 17.8 Å². The number of rotatable bonds is 3. The highest BCUT2D eigenvalue weighted by Crippen LogP contribution is 2.21. The number of hydrogen-bond acceptors (Lipinski definition) is 3. The fraction of sp³-hybridized carbons (Fsp3) is 0.600. The Kier molecular flexibility index (Phi) is 6.31. The van der Waals surface area contributed by atoms with Crippen LogP contribution < -0.4 is 5.32 Å². The van der Waals surface area contributed by atoms with Crippen LogP contribution in [0, 0.1) is 17.7 Å². The number of halogens is 1. The summed E-state index contributed by atoms with van der Waals surface area (Å²) in [6, 6.07) is 5.54. The standard InChI is InChI=1S/C20H29FN4O2/c1-15-11-16(2)13-25(12-15)19(26)14-23-7-9-24(10-8-23)20(27)22-18-5-3-17(21)4-6-18/h3-6,15-16H,7-14H2,1-2H3,(H,22,27).